The summed E-state index contributed by atoms with van der Waals surface area (Å²) in [7, 11) is 1.58. The number of methoxy groups -OCH3 is 1. The van der Waals surface area contributed by atoms with Gasteiger partial charge in [-0.1, -0.05) is 30.3 Å². The molecule has 1 aliphatic rings. The smallest absolute Gasteiger partial charge is 0.262 e. The molecule has 1 aliphatic heterocycles. The zero-order valence-electron chi connectivity index (χ0n) is 26.8. The molecule has 5 rings (SSSR count). The first-order valence-corrected chi connectivity index (χ1v) is 15.3. The van der Waals surface area contributed by atoms with Gasteiger partial charge >= 0.3 is 0 Å². The molecule has 234 valence electrons. The first-order valence-electron chi connectivity index (χ1n) is 15.3. The fourth-order valence-corrected chi connectivity index (χ4v) is 5.43. The van der Waals surface area contributed by atoms with Gasteiger partial charge in [0.25, 0.3) is 5.91 Å². The summed E-state index contributed by atoms with van der Waals surface area (Å²) in [5, 5.41) is 6.29. The molecule has 0 spiro atoms. The van der Waals surface area contributed by atoms with Gasteiger partial charge in [0.2, 0.25) is 11.8 Å². The molecule has 0 radical (unpaired) electrons. The van der Waals surface area contributed by atoms with Crippen LogP contribution in [0.3, 0.4) is 0 Å². The van der Waals surface area contributed by atoms with Crippen molar-refractivity contribution in [1.29, 1.82) is 0 Å². The average molecular weight is 607 g/mol. The number of carbonyl (C=O) groups is 1. The van der Waals surface area contributed by atoms with Gasteiger partial charge in [-0.15, -0.1) is 6.58 Å². The van der Waals surface area contributed by atoms with Gasteiger partial charge in [-0.25, -0.2) is 4.98 Å². The average Bonchev–Trinajstić information content (AvgIpc) is 3.04. The molecule has 9 heteroatoms. The molecule has 9 nitrogen and oxygen atoms in total. The number of nitrogens with zero attached hydrogens (tertiary/aromatic N) is 4. The Morgan fingerprint density at radius 2 is 1.71 bits per heavy atom. The predicted molar refractivity (Wildman–Crippen MR) is 182 cm³/mol. The van der Waals surface area contributed by atoms with E-state index in [1.54, 1.807) is 13.2 Å². The number of amides is 1. The Morgan fingerprint density at radius 3 is 2.36 bits per heavy atom. The lowest BCUT2D eigenvalue weighted by Crippen LogP contribution is -2.48. The van der Waals surface area contributed by atoms with Crippen LogP contribution in [0.25, 0.3) is 0 Å². The Labute approximate surface area is 265 Å². The fraction of sp³-hybridized carbons (Fsp3) is 0.306. The van der Waals surface area contributed by atoms with Gasteiger partial charge in [0.1, 0.15) is 5.56 Å². The molecular weight excluding hydrogens is 564 g/mol. The second-order valence-electron chi connectivity index (χ2n) is 11.5. The van der Waals surface area contributed by atoms with Crippen molar-refractivity contribution in [3.05, 3.63) is 102 Å². The zero-order chi connectivity index (χ0) is 31.9. The van der Waals surface area contributed by atoms with Crippen molar-refractivity contribution < 1.29 is 14.3 Å². The van der Waals surface area contributed by atoms with Crippen LogP contribution in [0, 0.1) is 13.8 Å². The van der Waals surface area contributed by atoms with Crippen LogP contribution >= 0.6 is 0 Å². The Bertz CT molecular complexity index is 1630. The third kappa shape index (κ3) is 7.61. The zero-order valence-corrected chi connectivity index (χ0v) is 26.8. The Hall–Kier alpha value is -4.89. The van der Waals surface area contributed by atoms with Gasteiger partial charge < -0.3 is 25.0 Å². The number of hydrogen-bond donors (Lipinski definition) is 2. The molecule has 1 fully saturated rings. The fourth-order valence-electron chi connectivity index (χ4n) is 5.43. The number of piperazine rings is 1. The lowest BCUT2D eigenvalue weighted by atomic mass is 10.1. The van der Waals surface area contributed by atoms with E-state index in [0.29, 0.717) is 29.9 Å². The number of aromatic nitrogens is 2. The highest BCUT2D eigenvalue weighted by Crippen LogP contribution is 2.34. The first-order chi connectivity index (χ1) is 21.7. The van der Waals surface area contributed by atoms with Gasteiger partial charge in [0.05, 0.1) is 7.11 Å². The number of para-hydroxylation sites is 1. The van der Waals surface area contributed by atoms with Crippen molar-refractivity contribution in [3.8, 4) is 17.4 Å². The number of allylic oxidation sites excluding steroid dienone is 1. The summed E-state index contributed by atoms with van der Waals surface area (Å²) in [5.74, 6) is 0.976. The van der Waals surface area contributed by atoms with Crippen LogP contribution in [0.15, 0.2) is 79.5 Å². The van der Waals surface area contributed by atoms with E-state index in [4.69, 9.17) is 9.47 Å². The van der Waals surface area contributed by atoms with Gasteiger partial charge in [-0.3, -0.25) is 9.69 Å². The van der Waals surface area contributed by atoms with Crippen LogP contribution in [0.1, 0.15) is 40.9 Å². The SMILES string of the molecule is C=CCc1ccc(Oc2nc(Nc3ccc(N4CCN(C(C)C)CC4)cc3)ncc2C(=O)Nc2c(C)cccc2C)c(OC)c1. The lowest BCUT2D eigenvalue weighted by molar-refractivity contribution is 0.102. The molecule has 0 aliphatic carbocycles. The maximum atomic E-state index is 13.6. The molecule has 0 bridgehead atoms. The largest absolute Gasteiger partial charge is 0.493 e. The van der Waals surface area contributed by atoms with Crippen LogP contribution in [0.4, 0.5) is 23.0 Å². The molecule has 0 unspecified atom stereocenters. The number of hydrogen-bond acceptors (Lipinski definition) is 8. The van der Waals surface area contributed by atoms with E-state index in [0.717, 1.165) is 54.2 Å². The second kappa shape index (κ2) is 14.3. The number of aryl methyl sites for hydroxylation is 2. The van der Waals surface area contributed by atoms with Crippen molar-refractivity contribution in [3.63, 3.8) is 0 Å². The highest BCUT2D eigenvalue weighted by atomic mass is 16.5. The van der Waals surface area contributed by atoms with Gasteiger partial charge in [-0.05, 0) is 87.2 Å². The van der Waals surface area contributed by atoms with E-state index in [-0.39, 0.29) is 17.4 Å². The van der Waals surface area contributed by atoms with E-state index < -0.39 is 0 Å². The summed E-state index contributed by atoms with van der Waals surface area (Å²) in [4.78, 5) is 27.6. The molecule has 1 aromatic heterocycles. The molecule has 4 aromatic rings. The second-order valence-corrected chi connectivity index (χ2v) is 11.5. The minimum atomic E-state index is -0.377. The van der Waals surface area contributed by atoms with Gasteiger partial charge in [0.15, 0.2) is 11.5 Å². The van der Waals surface area contributed by atoms with Crippen LogP contribution in [-0.4, -0.2) is 60.1 Å². The lowest BCUT2D eigenvalue weighted by Gasteiger charge is -2.38. The standard InChI is InChI=1S/C36H42N6O3/c1-7-9-27-12-17-31(32(22-27)44-6)45-35-30(34(43)39-33-25(4)10-8-11-26(33)5)23-37-36(40-35)38-28-13-15-29(16-14-28)42-20-18-41(19-21-42)24(2)3/h7-8,10-17,22-24H,1,9,18-21H2,2-6H3,(H,39,43)(H,37,38,40). The van der Waals surface area contributed by atoms with Crippen LogP contribution < -0.4 is 25.0 Å². The molecule has 0 atom stereocenters. The minimum Gasteiger partial charge on any atom is -0.493 e. The van der Waals surface area contributed by atoms with Gasteiger partial charge in [0, 0.05) is 55.5 Å². The third-order valence-corrected chi connectivity index (χ3v) is 8.07. The van der Waals surface area contributed by atoms with E-state index in [2.05, 4.69) is 63.0 Å². The van der Waals surface area contributed by atoms with E-state index in [1.807, 2.05) is 62.4 Å². The van der Waals surface area contributed by atoms with Crippen molar-refractivity contribution in [2.24, 2.45) is 0 Å². The molecule has 45 heavy (non-hydrogen) atoms. The minimum absolute atomic E-state index is 0.102. The number of ether oxygens (including phenoxy) is 2. The quantitative estimate of drug-likeness (QED) is 0.174. The predicted octanol–water partition coefficient (Wildman–Crippen LogP) is 7.15. The molecule has 1 saturated heterocycles. The number of rotatable bonds is 11. The summed E-state index contributed by atoms with van der Waals surface area (Å²) in [6.45, 7) is 16.3. The normalized spacial score (nSPS) is 13.4. The molecule has 0 saturated carbocycles. The Balaban J connectivity index is 1.40. The summed E-state index contributed by atoms with van der Waals surface area (Å²) in [5.41, 5.74) is 5.87. The van der Waals surface area contributed by atoms with E-state index in [1.165, 1.54) is 11.9 Å². The van der Waals surface area contributed by atoms with Crippen LogP contribution in [0.5, 0.6) is 17.4 Å². The van der Waals surface area contributed by atoms with Crippen LogP contribution in [0.2, 0.25) is 0 Å². The molecule has 2 heterocycles. The molecular formula is C36H42N6O3. The van der Waals surface area contributed by atoms with E-state index >= 15 is 0 Å². The third-order valence-electron chi connectivity index (χ3n) is 8.07. The van der Waals surface area contributed by atoms with Crippen molar-refractivity contribution in [2.45, 2.75) is 40.2 Å². The number of carbonyl (C=O) groups excluding carboxylic acids is 1. The first kappa shape index (κ1) is 31.5. The maximum Gasteiger partial charge on any atom is 0.262 e. The number of nitrogens with one attached hydrogen (secondary N) is 2. The topological polar surface area (TPSA) is 91.9 Å². The van der Waals surface area contributed by atoms with Gasteiger partial charge in [-0.2, -0.15) is 4.98 Å². The monoisotopic (exact) mass is 606 g/mol. The summed E-state index contributed by atoms with van der Waals surface area (Å²) in [6, 6.07) is 20.3. The molecule has 3 aromatic carbocycles. The number of anilines is 4. The molecule has 2 N–H and O–H groups in total. The van der Waals surface area contributed by atoms with Crippen LogP contribution in [-0.2, 0) is 6.42 Å². The van der Waals surface area contributed by atoms with Crippen molar-refractivity contribution in [2.75, 3.05) is 48.8 Å². The van der Waals surface area contributed by atoms with E-state index in [9.17, 15) is 4.79 Å². The molecule has 1 amide bonds. The summed E-state index contributed by atoms with van der Waals surface area (Å²) < 4.78 is 11.9. The highest BCUT2D eigenvalue weighted by molar-refractivity contribution is 6.06. The Morgan fingerprint density at radius 1 is 1.00 bits per heavy atom. The van der Waals surface area contributed by atoms with Crippen molar-refractivity contribution >= 4 is 28.9 Å². The Kier molecular flexibility index (Phi) is 9.99. The van der Waals surface area contributed by atoms with Crippen molar-refractivity contribution in [1.82, 2.24) is 14.9 Å². The summed E-state index contributed by atoms with van der Waals surface area (Å²) in [6.07, 6.45) is 4.00. The maximum absolute atomic E-state index is 13.6. The number of benzene rings is 3. The summed E-state index contributed by atoms with van der Waals surface area (Å²) >= 11 is 0. The highest BCUT2D eigenvalue weighted by Gasteiger charge is 2.21.